The van der Waals surface area contributed by atoms with Gasteiger partial charge in [-0.1, -0.05) is 6.92 Å². The molecule has 20 heavy (non-hydrogen) atoms. The highest BCUT2D eigenvalue weighted by Crippen LogP contribution is 2.24. The van der Waals surface area contributed by atoms with E-state index in [4.69, 9.17) is 0 Å². The van der Waals surface area contributed by atoms with Crippen LogP contribution in [-0.4, -0.2) is 61.1 Å². The first-order valence-corrected chi connectivity index (χ1v) is 7.33. The van der Waals surface area contributed by atoms with Gasteiger partial charge in [0.15, 0.2) is 0 Å². The van der Waals surface area contributed by atoms with Gasteiger partial charge in [-0.25, -0.2) is 4.39 Å². The van der Waals surface area contributed by atoms with Gasteiger partial charge in [-0.3, -0.25) is 4.98 Å². The van der Waals surface area contributed by atoms with Gasteiger partial charge in [0.2, 0.25) is 0 Å². The van der Waals surface area contributed by atoms with Crippen molar-refractivity contribution in [3.8, 4) is 0 Å². The fourth-order valence-corrected chi connectivity index (χ4v) is 2.86. The van der Waals surface area contributed by atoms with Crippen molar-refractivity contribution in [3.63, 3.8) is 0 Å². The van der Waals surface area contributed by atoms with Crippen LogP contribution in [0.25, 0.3) is 0 Å². The molecule has 0 bridgehead atoms. The summed E-state index contributed by atoms with van der Waals surface area (Å²) in [6.07, 6.45) is 3.88. The first-order chi connectivity index (χ1) is 9.61. The summed E-state index contributed by atoms with van der Waals surface area (Å²) in [6.45, 7) is 6.09. The molecule has 1 aliphatic heterocycles. The molecule has 1 aliphatic rings. The Labute approximate surface area is 121 Å². The number of aromatic nitrogens is 1. The van der Waals surface area contributed by atoms with E-state index in [0.717, 1.165) is 38.2 Å². The number of likely N-dealkylation sites (N-methyl/N-ethyl adjacent to an activating group) is 2. The van der Waals surface area contributed by atoms with Gasteiger partial charge in [0.25, 0.3) is 0 Å². The number of nitrogens with zero attached hydrogens (tertiary/aromatic N) is 3. The second-order valence-electron chi connectivity index (χ2n) is 5.64. The molecule has 2 heterocycles. The maximum Gasteiger partial charge on any atom is 0.146 e. The van der Waals surface area contributed by atoms with Crippen molar-refractivity contribution in [1.82, 2.24) is 20.1 Å². The van der Waals surface area contributed by atoms with Crippen molar-refractivity contribution in [2.45, 2.75) is 25.4 Å². The lowest BCUT2D eigenvalue weighted by Gasteiger charge is -2.39. The van der Waals surface area contributed by atoms with Crippen molar-refractivity contribution in [1.29, 1.82) is 0 Å². The largest absolute Gasteiger partial charge is 0.310 e. The molecule has 112 valence electrons. The molecule has 2 unspecified atom stereocenters. The van der Waals surface area contributed by atoms with E-state index in [-0.39, 0.29) is 11.9 Å². The van der Waals surface area contributed by atoms with Gasteiger partial charge in [-0.2, -0.15) is 0 Å². The molecular formula is C15H25FN4. The Bertz CT molecular complexity index is 426. The molecule has 0 radical (unpaired) electrons. The Hall–Kier alpha value is -1.04. The van der Waals surface area contributed by atoms with E-state index in [1.807, 2.05) is 0 Å². The van der Waals surface area contributed by atoms with Crippen LogP contribution in [-0.2, 0) is 0 Å². The summed E-state index contributed by atoms with van der Waals surface area (Å²) < 4.78 is 14.0. The van der Waals surface area contributed by atoms with Crippen LogP contribution < -0.4 is 5.32 Å². The van der Waals surface area contributed by atoms with E-state index >= 15 is 0 Å². The van der Waals surface area contributed by atoms with Crippen LogP contribution >= 0.6 is 0 Å². The maximum atomic E-state index is 14.0. The molecule has 1 saturated heterocycles. The molecule has 0 saturated carbocycles. The summed E-state index contributed by atoms with van der Waals surface area (Å²) in [6, 6.07) is 2.28. The van der Waals surface area contributed by atoms with E-state index in [2.05, 4.69) is 41.1 Å². The molecule has 0 aromatic carbocycles. The van der Waals surface area contributed by atoms with Crippen molar-refractivity contribution in [3.05, 3.63) is 29.8 Å². The second kappa shape index (κ2) is 7.11. The lowest BCUT2D eigenvalue weighted by atomic mass is 9.97. The first-order valence-electron chi connectivity index (χ1n) is 7.33. The molecule has 4 nitrogen and oxygen atoms in total. The summed E-state index contributed by atoms with van der Waals surface area (Å²) >= 11 is 0. The van der Waals surface area contributed by atoms with Crippen LogP contribution in [0, 0.1) is 5.82 Å². The fourth-order valence-electron chi connectivity index (χ4n) is 2.86. The number of rotatable bonds is 5. The summed E-state index contributed by atoms with van der Waals surface area (Å²) in [5.74, 6) is -0.217. The fraction of sp³-hybridized carbons (Fsp3) is 0.667. The van der Waals surface area contributed by atoms with Crippen LogP contribution in [0.1, 0.15) is 24.9 Å². The zero-order chi connectivity index (χ0) is 14.5. The van der Waals surface area contributed by atoms with Crippen molar-refractivity contribution >= 4 is 0 Å². The predicted molar refractivity (Wildman–Crippen MR) is 79.1 cm³/mol. The zero-order valence-corrected chi connectivity index (χ0v) is 12.6. The summed E-state index contributed by atoms with van der Waals surface area (Å²) in [5, 5.41) is 3.41. The third-order valence-corrected chi connectivity index (χ3v) is 4.12. The summed E-state index contributed by atoms with van der Waals surface area (Å²) in [4.78, 5) is 8.56. The van der Waals surface area contributed by atoms with E-state index in [1.54, 1.807) is 12.3 Å². The van der Waals surface area contributed by atoms with Gasteiger partial charge in [0.1, 0.15) is 5.82 Å². The Morgan fingerprint density at radius 3 is 2.95 bits per heavy atom. The van der Waals surface area contributed by atoms with Crippen molar-refractivity contribution in [2.75, 3.05) is 40.3 Å². The Morgan fingerprint density at radius 1 is 1.45 bits per heavy atom. The highest BCUT2D eigenvalue weighted by Gasteiger charge is 2.26. The first kappa shape index (κ1) is 15.4. The number of hydrogen-bond acceptors (Lipinski definition) is 4. The van der Waals surface area contributed by atoms with Crippen LogP contribution in [0.3, 0.4) is 0 Å². The summed E-state index contributed by atoms with van der Waals surface area (Å²) in [5.41, 5.74) is 0.725. The Morgan fingerprint density at radius 2 is 2.25 bits per heavy atom. The van der Waals surface area contributed by atoms with E-state index in [1.165, 1.54) is 6.20 Å². The van der Waals surface area contributed by atoms with E-state index < -0.39 is 0 Å². The van der Waals surface area contributed by atoms with Gasteiger partial charge in [0.05, 0.1) is 6.20 Å². The number of piperazine rings is 1. The van der Waals surface area contributed by atoms with E-state index in [9.17, 15) is 4.39 Å². The van der Waals surface area contributed by atoms with Crippen molar-refractivity contribution < 1.29 is 4.39 Å². The third kappa shape index (κ3) is 3.75. The van der Waals surface area contributed by atoms with Gasteiger partial charge >= 0.3 is 0 Å². The monoisotopic (exact) mass is 280 g/mol. The molecule has 2 atom stereocenters. The van der Waals surface area contributed by atoms with Gasteiger partial charge in [0, 0.05) is 43.5 Å². The molecule has 2 rings (SSSR count). The number of pyridine rings is 1. The lowest BCUT2D eigenvalue weighted by Crippen LogP contribution is -2.51. The highest BCUT2D eigenvalue weighted by atomic mass is 19.1. The van der Waals surface area contributed by atoms with Gasteiger partial charge in [-0.15, -0.1) is 0 Å². The minimum absolute atomic E-state index is 0.0435. The van der Waals surface area contributed by atoms with Crippen molar-refractivity contribution in [2.24, 2.45) is 0 Å². The molecule has 0 spiro atoms. The molecule has 5 heteroatoms. The van der Waals surface area contributed by atoms with Crippen LogP contribution in [0.5, 0.6) is 0 Å². The Balaban J connectivity index is 2.11. The van der Waals surface area contributed by atoms with Crippen LogP contribution in [0.4, 0.5) is 4.39 Å². The lowest BCUT2D eigenvalue weighted by molar-refractivity contribution is 0.101. The molecule has 1 aromatic rings. The van der Waals surface area contributed by atoms with Crippen LogP contribution in [0.2, 0.25) is 0 Å². The van der Waals surface area contributed by atoms with Crippen LogP contribution in [0.15, 0.2) is 18.5 Å². The summed E-state index contributed by atoms with van der Waals surface area (Å²) in [7, 11) is 4.30. The highest BCUT2D eigenvalue weighted by molar-refractivity contribution is 5.18. The normalized spacial score (nSPS) is 22.9. The average Bonchev–Trinajstić information content (AvgIpc) is 2.43. The maximum absolute atomic E-state index is 14.0. The number of hydrogen-bond donors (Lipinski definition) is 1. The SMILES string of the molecule is CCNC(CC1CN(C)CCN1C)c1ccncc1F. The molecule has 1 N–H and O–H groups in total. The molecular weight excluding hydrogens is 255 g/mol. The number of nitrogens with one attached hydrogen (secondary N) is 1. The average molecular weight is 280 g/mol. The quantitative estimate of drug-likeness (QED) is 0.886. The van der Waals surface area contributed by atoms with Gasteiger partial charge < -0.3 is 15.1 Å². The molecule has 1 aromatic heterocycles. The molecule has 0 aliphatic carbocycles. The Kier molecular flexibility index (Phi) is 5.46. The minimum atomic E-state index is -0.217. The van der Waals surface area contributed by atoms with Gasteiger partial charge in [-0.05, 0) is 33.1 Å². The van der Waals surface area contributed by atoms with E-state index in [0.29, 0.717) is 6.04 Å². The second-order valence-corrected chi connectivity index (χ2v) is 5.64. The standard InChI is InChI=1S/C15H25FN4/c1-4-18-15(13-5-6-17-10-14(13)16)9-12-11-19(2)7-8-20(12)3/h5-6,10,12,15,18H,4,7-9,11H2,1-3H3. The smallest absolute Gasteiger partial charge is 0.146 e. The minimum Gasteiger partial charge on any atom is -0.310 e. The number of halogens is 1. The molecule has 0 amide bonds. The molecule has 1 fully saturated rings. The third-order valence-electron chi connectivity index (χ3n) is 4.12. The topological polar surface area (TPSA) is 31.4 Å². The zero-order valence-electron chi connectivity index (χ0n) is 12.6. The predicted octanol–water partition coefficient (Wildman–Crippen LogP) is 1.51.